The van der Waals surface area contributed by atoms with Gasteiger partial charge in [-0.1, -0.05) is 45.7 Å². The second-order valence-corrected chi connectivity index (χ2v) is 9.00. The standard InChI is InChI=1S/C21H19BrClNO4S/c1-27-19-8-6-16(22)10-15(19)11-24-21(25)20-9-7-17(28-20)13-29(26)12-14-4-2-3-5-18(14)23/h2-10H,11-13H2,1H3,(H,24,25)/t29-/m0/s1. The smallest absolute Gasteiger partial charge is 0.287 e. The molecule has 0 saturated heterocycles. The molecule has 1 N–H and O–H groups in total. The lowest BCUT2D eigenvalue weighted by atomic mass is 10.2. The molecule has 0 aliphatic rings. The largest absolute Gasteiger partial charge is 0.496 e. The molecule has 0 bridgehead atoms. The molecule has 0 aliphatic carbocycles. The summed E-state index contributed by atoms with van der Waals surface area (Å²) in [5.74, 6) is 1.52. The molecule has 0 aliphatic heterocycles. The van der Waals surface area contributed by atoms with Crippen LogP contribution in [0.5, 0.6) is 5.75 Å². The molecule has 0 radical (unpaired) electrons. The molecular weight excluding hydrogens is 478 g/mol. The SMILES string of the molecule is COc1ccc(Br)cc1CNC(=O)c1ccc(C[S@@](=O)Cc2ccccc2Cl)o1. The zero-order valence-corrected chi connectivity index (χ0v) is 18.8. The highest BCUT2D eigenvalue weighted by atomic mass is 79.9. The van der Waals surface area contributed by atoms with Gasteiger partial charge in [0.05, 0.1) is 18.6 Å². The molecule has 5 nitrogen and oxygen atoms in total. The van der Waals surface area contributed by atoms with Crippen LogP contribution in [0.25, 0.3) is 0 Å². The number of ether oxygens (including phenoxy) is 1. The fourth-order valence-corrected chi connectivity index (χ4v) is 4.59. The monoisotopic (exact) mass is 495 g/mol. The summed E-state index contributed by atoms with van der Waals surface area (Å²) < 4.78 is 24.2. The van der Waals surface area contributed by atoms with Crippen molar-refractivity contribution in [3.05, 3.63) is 86.7 Å². The highest BCUT2D eigenvalue weighted by Crippen LogP contribution is 2.23. The predicted octanol–water partition coefficient (Wildman–Crippen LogP) is 5.08. The Bertz CT molecular complexity index is 1040. The van der Waals surface area contributed by atoms with Crippen molar-refractivity contribution in [2.75, 3.05) is 7.11 Å². The van der Waals surface area contributed by atoms with E-state index in [1.165, 1.54) is 0 Å². The second-order valence-electron chi connectivity index (χ2n) is 6.22. The summed E-state index contributed by atoms with van der Waals surface area (Å²) in [7, 11) is 0.375. The van der Waals surface area contributed by atoms with Crippen LogP contribution in [0, 0.1) is 0 Å². The van der Waals surface area contributed by atoms with E-state index in [1.54, 1.807) is 25.3 Å². The van der Waals surface area contributed by atoms with Crippen LogP contribution in [-0.4, -0.2) is 17.2 Å². The second kappa shape index (κ2) is 10.1. The van der Waals surface area contributed by atoms with Gasteiger partial charge in [0.2, 0.25) is 0 Å². The van der Waals surface area contributed by atoms with Crippen molar-refractivity contribution in [1.82, 2.24) is 5.32 Å². The number of carbonyl (C=O) groups is 1. The van der Waals surface area contributed by atoms with E-state index in [2.05, 4.69) is 21.2 Å². The van der Waals surface area contributed by atoms with Crippen LogP contribution < -0.4 is 10.1 Å². The number of rotatable bonds is 8. The first-order valence-corrected chi connectivity index (χ1v) is 11.4. The molecule has 1 heterocycles. The van der Waals surface area contributed by atoms with Crippen molar-refractivity contribution in [2.24, 2.45) is 0 Å². The van der Waals surface area contributed by atoms with E-state index >= 15 is 0 Å². The quantitative estimate of drug-likeness (QED) is 0.472. The Morgan fingerprint density at radius 1 is 1.14 bits per heavy atom. The van der Waals surface area contributed by atoms with E-state index in [9.17, 15) is 9.00 Å². The van der Waals surface area contributed by atoms with E-state index in [1.807, 2.05) is 36.4 Å². The van der Waals surface area contributed by atoms with Crippen molar-refractivity contribution >= 4 is 44.2 Å². The number of hydrogen-bond donors (Lipinski definition) is 1. The Labute approximate surface area is 185 Å². The molecule has 29 heavy (non-hydrogen) atoms. The zero-order valence-electron chi connectivity index (χ0n) is 15.6. The van der Waals surface area contributed by atoms with Gasteiger partial charge in [-0.15, -0.1) is 0 Å². The van der Waals surface area contributed by atoms with Gasteiger partial charge in [-0.2, -0.15) is 0 Å². The Balaban J connectivity index is 1.58. The van der Waals surface area contributed by atoms with Gasteiger partial charge in [0.15, 0.2) is 5.76 Å². The first-order chi connectivity index (χ1) is 14.0. The first kappa shape index (κ1) is 21.6. The highest BCUT2D eigenvalue weighted by Gasteiger charge is 2.14. The summed E-state index contributed by atoms with van der Waals surface area (Å²) in [5, 5.41) is 3.39. The van der Waals surface area contributed by atoms with Crippen molar-refractivity contribution in [2.45, 2.75) is 18.1 Å². The lowest BCUT2D eigenvalue weighted by molar-refractivity contribution is 0.0921. The van der Waals surface area contributed by atoms with Gasteiger partial charge in [0.25, 0.3) is 5.91 Å². The maximum atomic E-state index is 12.4. The van der Waals surface area contributed by atoms with Crippen LogP contribution in [0.4, 0.5) is 0 Å². The lowest BCUT2D eigenvalue weighted by Gasteiger charge is -2.09. The fourth-order valence-electron chi connectivity index (χ4n) is 2.72. The number of methoxy groups -OCH3 is 1. The molecule has 1 amide bonds. The van der Waals surface area contributed by atoms with Crippen LogP contribution in [0.2, 0.25) is 5.02 Å². The van der Waals surface area contributed by atoms with Crippen LogP contribution in [0.3, 0.4) is 0 Å². The summed E-state index contributed by atoms with van der Waals surface area (Å²) >= 11 is 9.52. The number of benzene rings is 2. The third-order valence-corrected chi connectivity index (χ3v) is 6.25. The van der Waals surface area contributed by atoms with E-state index in [0.29, 0.717) is 22.3 Å². The predicted molar refractivity (Wildman–Crippen MR) is 118 cm³/mol. The first-order valence-electron chi connectivity index (χ1n) is 8.74. The van der Waals surface area contributed by atoms with Crippen molar-refractivity contribution in [1.29, 1.82) is 0 Å². The molecule has 3 aromatic rings. The van der Waals surface area contributed by atoms with Crippen LogP contribution >= 0.6 is 27.5 Å². The minimum atomic E-state index is -1.20. The molecule has 2 aromatic carbocycles. The fraction of sp³-hybridized carbons (Fsp3) is 0.190. The Morgan fingerprint density at radius 3 is 2.69 bits per heavy atom. The number of hydrogen-bond acceptors (Lipinski definition) is 4. The number of nitrogens with one attached hydrogen (secondary N) is 1. The summed E-state index contributed by atoms with van der Waals surface area (Å²) in [6.07, 6.45) is 0. The molecular formula is C21H19BrClNO4S. The summed E-state index contributed by atoms with van der Waals surface area (Å²) in [5.41, 5.74) is 1.66. The van der Waals surface area contributed by atoms with Crippen LogP contribution in [-0.2, 0) is 28.9 Å². The van der Waals surface area contributed by atoms with Crippen molar-refractivity contribution < 1.29 is 18.2 Å². The summed E-state index contributed by atoms with van der Waals surface area (Å²) in [6, 6.07) is 16.1. The normalized spacial score (nSPS) is 11.8. The summed E-state index contributed by atoms with van der Waals surface area (Å²) in [4.78, 5) is 12.4. The van der Waals surface area contributed by atoms with E-state index in [-0.39, 0.29) is 24.0 Å². The average Bonchev–Trinajstić information content (AvgIpc) is 3.16. The molecule has 0 unspecified atom stereocenters. The van der Waals surface area contributed by atoms with Crippen molar-refractivity contribution in [3.8, 4) is 5.75 Å². The molecule has 0 spiro atoms. The lowest BCUT2D eigenvalue weighted by Crippen LogP contribution is -2.22. The van der Waals surface area contributed by atoms with Gasteiger partial charge >= 0.3 is 0 Å². The van der Waals surface area contributed by atoms with Gasteiger partial charge in [0.1, 0.15) is 11.5 Å². The third kappa shape index (κ3) is 5.95. The van der Waals surface area contributed by atoms with Gasteiger partial charge in [-0.05, 0) is 42.0 Å². The number of furan rings is 1. The van der Waals surface area contributed by atoms with E-state index < -0.39 is 10.8 Å². The van der Waals surface area contributed by atoms with Crippen molar-refractivity contribution in [3.63, 3.8) is 0 Å². The van der Waals surface area contributed by atoms with Gasteiger partial charge in [-0.25, -0.2) is 0 Å². The minimum absolute atomic E-state index is 0.170. The van der Waals surface area contributed by atoms with Crippen LogP contribution in [0.1, 0.15) is 27.4 Å². The number of amides is 1. The molecule has 152 valence electrons. The minimum Gasteiger partial charge on any atom is -0.496 e. The topological polar surface area (TPSA) is 68.5 Å². The van der Waals surface area contributed by atoms with Gasteiger partial charge in [0, 0.05) is 32.4 Å². The maximum absolute atomic E-state index is 12.4. The number of halogens is 2. The Kier molecular flexibility index (Phi) is 7.52. The molecule has 0 saturated carbocycles. The third-order valence-electron chi connectivity index (χ3n) is 4.14. The average molecular weight is 497 g/mol. The van der Waals surface area contributed by atoms with Crippen LogP contribution in [0.15, 0.2) is 63.5 Å². The van der Waals surface area contributed by atoms with E-state index in [0.717, 1.165) is 15.6 Å². The highest BCUT2D eigenvalue weighted by molar-refractivity contribution is 9.10. The Hall–Kier alpha value is -2.09. The summed E-state index contributed by atoms with van der Waals surface area (Å²) in [6.45, 7) is 0.288. The number of carbonyl (C=O) groups excluding carboxylic acids is 1. The van der Waals surface area contributed by atoms with Gasteiger partial charge < -0.3 is 14.5 Å². The molecule has 1 atom stereocenters. The molecule has 1 aromatic heterocycles. The Morgan fingerprint density at radius 2 is 1.93 bits per heavy atom. The molecule has 8 heteroatoms. The zero-order chi connectivity index (χ0) is 20.8. The molecule has 0 fully saturated rings. The van der Waals surface area contributed by atoms with Gasteiger partial charge in [-0.3, -0.25) is 9.00 Å². The molecule has 3 rings (SSSR count). The maximum Gasteiger partial charge on any atom is 0.287 e. The van der Waals surface area contributed by atoms with E-state index in [4.69, 9.17) is 20.8 Å².